The second-order valence-corrected chi connectivity index (χ2v) is 7.97. The zero-order valence-corrected chi connectivity index (χ0v) is 17.6. The Bertz CT molecular complexity index is 1020. The Kier molecular flexibility index (Phi) is 5.49. The second-order valence-electron chi connectivity index (χ2n) is 7.06. The normalized spacial score (nSPS) is 14.1. The number of nitrogens with zero attached hydrogens (tertiary/aromatic N) is 3. The molecule has 1 aliphatic rings. The van der Waals surface area contributed by atoms with Gasteiger partial charge in [0, 0.05) is 47.5 Å². The number of halogens is 1. The SMILES string of the molecule is CC(=O)c1ccc(N2CCN(C(=O)c3cc(-c4ccc(Br)cc4)n[nH]3)CC2)cc1. The standard InChI is InChI=1S/C22H21BrN4O2/c1-15(28)16-4-8-19(9-5-16)26-10-12-27(13-11-26)22(29)21-14-20(24-25-21)17-2-6-18(23)7-3-17/h2-9,14H,10-13H2,1H3,(H,24,25). The van der Waals surface area contributed by atoms with Gasteiger partial charge in [-0.25, -0.2) is 0 Å². The van der Waals surface area contributed by atoms with Crippen LogP contribution in [0.4, 0.5) is 5.69 Å². The van der Waals surface area contributed by atoms with Crippen molar-refractivity contribution in [3.8, 4) is 11.3 Å². The molecule has 0 spiro atoms. The van der Waals surface area contributed by atoms with Crippen molar-refractivity contribution < 1.29 is 9.59 Å². The molecule has 0 unspecified atom stereocenters. The van der Waals surface area contributed by atoms with Crippen LogP contribution < -0.4 is 4.90 Å². The number of piperazine rings is 1. The molecule has 3 aromatic rings. The van der Waals surface area contributed by atoms with Crippen molar-refractivity contribution in [2.24, 2.45) is 0 Å². The molecule has 6 nitrogen and oxygen atoms in total. The van der Waals surface area contributed by atoms with Gasteiger partial charge < -0.3 is 9.80 Å². The smallest absolute Gasteiger partial charge is 0.272 e. The number of carbonyl (C=O) groups excluding carboxylic acids is 2. The van der Waals surface area contributed by atoms with Crippen LogP contribution in [0.3, 0.4) is 0 Å². The van der Waals surface area contributed by atoms with Crippen LogP contribution >= 0.6 is 15.9 Å². The number of ketones is 1. The molecule has 0 atom stereocenters. The highest BCUT2D eigenvalue weighted by atomic mass is 79.9. The van der Waals surface area contributed by atoms with Gasteiger partial charge in [0.05, 0.1) is 5.69 Å². The third kappa shape index (κ3) is 4.24. The van der Waals surface area contributed by atoms with Crippen molar-refractivity contribution in [2.45, 2.75) is 6.92 Å². The predicted molar refractivity (Wildman–Crippen MR) is 116 cm³/mol. The molecule has 148 valence electrons. The molecule has 2 aromatic carbocycles. The van der Waals surface area contributed by atoms with E-state index >= 15 is 0 Å². The fraction of sp³-hybridized carbons (Fsp3) is 0.227. The summed E-state index contributed by atoms with van der Waals surface area (Å²) in [5.74, 6) is 0.0291. The van der Waals surface area contributed by atoms with Gasteiger partial charge in [-0.15, -0.1) is 0 Å². The summed E-state index contributed by atoms with van der Waals surface area (Å²) in [6, 6.07) is 17.3. The van der Waals surface area contributed by atoms with Crippen LogP contribution in [0.1, 0.15) is 27.8 Å². The molecule has 1 amide bonds. The molecule has 1 fully saturated rings. The summed E-state index contributed by atoms with van der Waals surface area (Å²) in [4.78, 5) is 28.4. The Labute approximate surface area is 177 Å². The number of Topliss-reactive ketones (excluding diaryl/α,β-unsaturated/α-hetero) is 1. The molecule has 7 heteroatoms. The van der Waals surface area contributed by atoms with Gasteiger partial charge in [-0.3, -0.25) is 14.7 Å². The number of H-pyrrole nitrogens is 1. The maximum absolute atomic E-state index is 12.9. The number of hydrogen-bond donors (Lipinski definition) is 1. The Balaban J connectivity index is 1.39. The summed E-state index contributed by atoms with van der Waals surface area (Å²) >= 11 is 3.42. The number of amides is 1. The molecule has 1 saturated heterocycles. The molecular formula is C22H21BrN4O2. The number of carbonyl (C=O) groups is 2. The number of hydrogen-bond acceptors (Lipinski definition) is 4. The van der Waals surface area contributed by atoms with Crippen molar-refractivity contribution >= 4 is 33.3 Å². The summed E-state index contributed by atoms with van der Waals surface area (Å²) < 4.78 is 1.00. The van der Waals surface area contributed by atoms with Crippen LogP contribution in [0, 0.1) is 0 Å². The first-order valence-electron chi connectivity index (χ1n) is 9.48. The molecule has 4 rings (SSSR count). The summed E-state index contributed by atoms with van der Waals surface area (Å²) in [5, 5.41) is 7.17. The van der Waals surface area contributed by atoms with E-state index in [1.807, 2.05) is 53.4 Å². The van der Waals surface area contributed by atoms with E-state index in [-0.39, 0.29) is 11.7 Å². The van der Waals surface area contributed by atoms with E-state index in [4.69, 9.17) is 0 Å². The molecule has 29 heavy (non-hydrogen) atoms. The average molecular weight is 453 g/mol. The molecule has 0 bridgehead atoms. The summed E-state index contributed by atoms with van der Waals surface area (Å²) in [7, 11) is 0. The molecule has 1 aliphatic heterocycles. The molecule has 0 saturated carbocycles. The Morgan fingerprint density at radius 2 is 1.62 bits per heavy atom. The minimum atomic E-state index is -0.0348. The number of rotatable bonds is 4. The van der Waals surface area contributed by atoms with Crippen LogP contribution in [0.25, 0.3) is 11.3 Å². The zero-order chi connectivity index (χ0) is 20.4. The predicted octanol–water partition coefficient (Wildman–Crippen LogP) is 4.00. The van der Waals surface area contributed by atoms with Gasteiger partial charge in [0.25, 0.3) is 5.91 Å². The highest BCUT2D eigenvalue weighted by Crippen LogP contribution is 2.22. The summed E-state index contributed by atoms with van der Waals surface area (Å²) in [6.45, 7) is 4.34. The van der Waals surface area contributed by atoms with E-state index in [9.17, 15) is 9.59 Å². The maximum atomic E-state index is 12.9. The van der Waals surface area contributed by atoms with Crippen molar-refractivity contribution in [2.75, 3.05) is 31.1 Å². The fourth-order valence-corrected chi connectivity index (χ4v) is 3.71. The summed E-state index contributed by atoms with van der Waals surface area (Å²) in [5.41, 5.74) is 4.00. The molecule has 1 aromatic heterocycles. The van der Waals surface area contributed by atoms with Gasteiger partial charge in [-0.05, 0) is 49.4 Å². The molecule has 0 aliphatic carbocycles. The Morgan fingerprint density at radius 3 is 2.24 bits per heavy atom. The molecular weight excluding hydrogens is 432 g/mol. The van der Waals surface area contributed by atoms with Crippen LogP contribution in [-0.4, -0.2) is 53.0 Å². The fourth-order valence-electron chi connectivity index (χ4n) is 3.44. The van der Waals surface area contributed by atoms with Gasteiger partial charge in [-0.2, -0.15) is 5.10 Å². The van der Waals surface area contributed by atoms with E-state index in [0.29, 0.717) is 24.3 Å². The van der Waals surface area contributed by atoms with Crippen molar-refractivity contribution in [1.29, 1.82) is 0 Å². The van der Waals surface area contributed by atoms with Crippen molar-refractivity contribution in [3.63, 3.8) is 0 Å². The van der Waals surface area contributed by atoms with Crippen molar-refractivity contribution in [1.82, 2.24) is 15.1 Å². The topological polar surface area (TPSA) is 69.3 Å². The van der Waals surface area contributed by atoms with Crippen LogP contribution in [-0.2, 0) is 0 Å². The minimum absolute atomic E-state index is 0.0348. The highest BCUT2D eigenvalue weighted by Gasteiger charge is 2.24. The lowest BCUT2D eigenvalue weighted by Gasteiger charge is -2.36. The Morgan fingerprint density at radius 1 is 0.966 bits per heavy atom. The van der Waals surface area contributed by atoms with Gasteiger partial charge >= 0.3 is 0 Å². The van der Waals surface area contributed by atoms with E-state index in [1.54, 1.807) is 13.0 Å². The van der Waals surface area contributed by atoms with Crippen LogP contribution in [0.15, 0.2) is 59.1 Å². The van der Waals surface area contributed by atoms with E-state index in [0.717, 1.165) is 34.5 Å². The average Bonchev–Trinajstić information content (AvgIpc) is 3.24. The number of anilines is 1. The van der Waals surface area contributed by atoms with Gasteiger partial charge in [-0.1, -0.05) is 28.1 Å². The third-order valence-corrected chi connectivity index (χ3v) is 5.68. The number of aromatic amines is 1. The molecule has 1 N–H and O–H groups in total. The van der Waals surface area contributed by atoms with Gasteiger partial charge in [0.1, 0.15) is 5.69 Å². The lowest BCUT2D eigenvalue weighted by Crippen LogP contribution is -2.48. The maximum Gasteiger partial charge on any atom is 0.272 e. The Hall–Kier alpha value is -2.93. The number of benzene rings is 2. The number of aromatic nitrogens is 2. The van der Waals surface area contributed by atoms with Gasteiger partial charge in [0.15, 0.2) is 5.78 Å². The highest BCUT2D eigenvalue weighted by molar-refractivity contribution is 9.10. The number of nitrogens with one attached hydrogen (secondary N) is 1. The first-order chi connectivity index (χ1) is 14.0. The summed E-state index contributed by atoms with van der Waals surface area (Å²) in [6.07, 6.45) is 0. The van der Waals surface area contributed by atoms with E-state index in [1.165, 1.54) is 0 Å². The van der Waals surface area contributed by atoms with Crippen LogP contribution in [0.2, 0.25) is 0 Å². The minimum Gasteiger partial charge on any atom is -0.368 e. The first kappa shape index (κ1) is 19.4. The first-order valence-corrected chi connectivity index (χ1v) is 10.3. The monoisotopic (exact) mass is 452 g/mol. The van der Waals surface area contributed by atoms with Crippen LogP contribution in [0.5, 0.6) is 0 Å². The van der Waals surface area contributed by atoms with E-state index in [2.05, 4.69) is 31.0 Å². The largest absolute Gasteiger partial charge is 0.368 e. The van der Waals surface area contributed by atoms with Gasteiger partial charge in [0.2, 0.25) is 0 Å². The second kappa shape index (κ2) is 8.21. The lowest BCUT2D eigenvalue weighted by atomic mass is 10.1. The van der Waals surface area contributed by atoms with E-state index < -0.39 is 0 Å². The molecule has 0 radical (unpaired) electrons. The lowest BCUT2D eigenvalue weighted by molar-refractivity contribution is 0.0740. The third-order valence-electron chi connectivity index (χ3n) is 5.15. The quantitative estimate of drug-likeness (QED) is 0.607. The van der Waals surface area contributed by atoms with Crippen molar-refractivity contribution in [3.05, 3.63) is 70.3 Å². The zero-order valence-electron chi connectivity index (χ0n) is 16.1. The molecule has 2 heterocycles.